The molecule has 6 atom stereocenters. The molecule has 11 heteroatoms. The van der Waals surface area contributed by atoms with E-state index in [1.165, 1.54) is 13.2 Å². The van der Waals surface area contributed by atoms with Crippen LogP contribution in [0.3, 0.4) is 0 Å². The highest BCUT2D eigenvalue weighted by molar-refractivity contribution is 5.83. The molecule has 0 aliphatic carbocycles. The number of rotatable bonds is 9. The first-order valence-corrected chi connectivity index (χ1v) is 17.4. The highest BCUT2D eigenvalue weighted by Crippen LogP contribution is 2.47. The van der Waals surface area contributed by atoms with Crippen molar-refractivity contribution in [3.8, 4) is 0 Å². The van der Waals surface area contributed by atoms with E-state index in [9.17, 15) is 19.8 Å². The zero-order chi connectivity index (χ0) is 34.3. The van der Waals surface area contributed by atoms with Gasteiger partial charge in [-0.05, 0) is 50.2 Å². The number of unbranched alkanes of at least 4 members (excludes halogenated alkanes) is 4. The van der Waals surface area contributed by atoms with Crippen LogP contribution in [-0.2, 0) is 42.7 Å². The Morgan fingerprint density at radius 3 is 2.60 bits per heavy atom. The maximum atomic E-state index is 13.2. The zero-order valence-electron chi connectivity index (χ0n) is 28.9. The highest BCUT2D eigenvalue weighted by Gasteiger charge is 2.57. The molecule has 0 saturated carbocycles. The summed E-state index contributed by atoms with van der Waals surface area (Å²) in [6, 6.07) is 0. The standard InChI is InChI=1S/C36H58O11/c1-6-7-8-9-10-14-31(38)46-34-27(23-32(39)41-5)22-29-24-30(25-37)44-26(2)13-11-12-19-42-20-16-28-17-21-43-33(45-28)15-18-35(3,4)36(34,40)47-29/h15,18,23,28-30,33-34,37,40H,2,6-14,16-17,19-22,24-25H2,1,3-5H3/b18-15+,27-23+/t28-,29+,30-,33+,34+,36-/m1/s1. The summed E-state index contributed by atoms with van der Waals surface area (Å²) >= 11 is 0. The molecule has 3 aliphatic heterocycles. The average Bonchev–Trinajstić information content (AvgIpc) is 3.04. The van der Waals surface area contributed by atoms with Crippen LogP contribution >= 0.6 is 0 Å². The monoisotopic (exact) mass is 666 g/mol. The lowest BCUT2D eigenvalue weighted by Gasteiger charge is -2.51. The molecule has 3 aliphatic rings. The molecule has 0 spiro atoms. The van der Waals surface area contributed by atoms with E-state index < -0.39 is 47.7 Å². The van der Waals surface area contributed by atoms with E-state index in [2.05, 4.69) is 13.5 Å². The van der Waals surface area contributed by atoms with E-state index in [0.717, 1.165) is 51.4 Å². The molecule has 2 fully saturated rings. The van der Waals surface area contributed by atoms with Gasteiger partial charge in [0.05, 0.1) is 38.3 Å². The van der Waals surface area contributed by atoms with Crippen LogP contribution in [0, 0.1) is 5.41 Å². The number of carbonyl (C=O) groups is 2. The lowest BCUT2D eigenvalue weighted by molar-refractivity contribution is -0.327. The van der Waals surface area contributed by atoms with Crippen molar-refractivity contribution in [1.29, 1.82) is 0 Å². The van der Waals surface area contributed by atoms with E-state index in [0.29, 0.717) is 44.0 Å². The summed E-state index contributed by atoms with van der Waals surface area (Å²) in [5, 5.41) is 22.8. The molecule has 2 N–H and O–H groups in total. The third-order valence-corrected chi connectivity index (χ3v) is 9.02. The van der Waals surface area contributed by atoms with Crippen molar-refractivity contribution < 1.29 is 53.0 Å². The smallest absolute Gasteiger partial charge is 0.330 e. The second-order valence-electron chi connectivity index (χ2n) is 13.3. The van der Waals surface area contributed by atoms with Crippen LogP contribution < -0.4 is 0 Å². The second-order valence-corrected chi connectivity index (χ2v) is 13.3. The minimum absolute atomic E-state index is 0.0466. The third-order valence-electron chi connectivity index (χ3n) is 9.02. The van der Waals surface area contributed by atoms with Crippen LogP contribution in [-0.4, -0.2) is 92.2 Å². The summed E-state index contributed by atoms with van der Waals surface area (Å²) in [7, 11) is 1.26. The number of methoxy groups -OCH3 is 1. The van der Waals surface area contributed by atoms with Gasteiger partial charge in [0.15, 0.2) is 12.4 Å². The largest absolute Gasteiger partial charge is 0.493 e. The number of ether oxygens (including phenoxy) is 7. The second kappa shape index (κ2) is 19.7. The number of aliphatic hydroxyl groups excluding tert-OH is 1. The van der Waals surface area contributed by atoms with E-state index in [1.807, 2.05) is 0 Å². The Morgan fingerprint density at radius 1 is 1.09 bits per heavy atom. The Morgan fingerprint density at radius 2 is 1.85 bits per heavy atom. The lowest BCUT2D eigenvalue weighted by atomic mass is 9.74. The minimum atomic E-state index is -2.14. The predicted octanol–water partition coefficient (Wildman–Crippen LogP) is 5.42. The molecule has 0 radical (unpaired) electrons. The van der Waals surface area contributed by atoms with Gasteiger partial charge in [-0.15, -0.1) is 0 Å². The van der Waals surface area contributed by atoms with Crippen molar-refractivity contribution >= 4 is 11.9 Å². The molecule has 2 saturated heterocycles. The van der Waals surface area contributed by atoms with Gasteiger partial charge < -0.3 is 43.4 Å². The fraction of sp³-hybridized carbons (Fsp3) is 0.778. The normalized spacial score (nSPS) is 32.5. The first-order chi connectivity index (χ1) is 22.5. The summed E-state index contributed by atoms with van der Waals surface area (Å²) < 4.78 is 41.3. The molecular formula is C36H58O11. The molecule has 0 unspecified atom stereocenters. The number of hydrogen-bond acceptors (Lipinski definition) is 11. The summed E-state index contributed by atoms with van der Waals surface area (Å²) in [6.07, 6.45) is 10.2. The lowest BCUT2D eigenvalue weighted by Crippen LogP contribution is -2.62. The highest BCUT2D eigenvalue weighted by atomic mass is 16.7. The number of esters is 2. The van der Waals surface area contributed by atoms with E-state index in [1.54, 1.807) is 26.0 Å². The molecule has 3 rings (SSSR count). The number of fused-ring (bicyclic) bond motifs is 4. The molecule has 3 heterocycles. The Hall–Kier alpha value is -2.28. The number of allylic oxidation sites excluding steroid dienone is 1. The third kappa shape index (κ3) is 12.3. The molecule has 4 bridgehead atoms. The van der Waals surface area contributed by atoms with Crippen molar-refractivity contribution in [3.63, 3.8) is 0 Å². The van der Waals surface area contributed by atoms with Gasteiger partial charge in [-0.25, -0.2) is 4.79 Å². The van der Waals surface area contributed by atoms with Gasteiger partial charge in [0.2, 0.25) is 5.79 Å². The summed E-state index contributed by atoms with van der Waals surface area (Å²) in [5.41, 5.74) is -0.852. The van der Waals surface area contributed by atoms with Gasteiger partial charge in [0.1, 0.15) is 6.10 Å². The summed E-state index contributed by atoms with van der Waals surface area (Å²) in [6.45, 7) is 11.1. The Labute approximate surface area is 280 Å². The Kier molecular flexibility index (Phi) is 16.4. The van der Waals surface area contributed by atoms with E-state index >= 15 is 0 Å². The predicted molar refractivity (Wildman–Crippen MR) is 175 cm³/mol. The van der Waals surface area contributed by atoms with Gasteiger partial charge in [-0.2, -0.15) is 0 Å². The van der Waals surface area contributed by atoms with E-state index in [4.69, 9.17) is 33.2 Å². The van der Waals surface area contributed by atoms with Crippen LogP contribution in [0.4, 0.5) is 0 Å². The topological polar surface area (TPSA) is 139 Å². The Balaban J connectivity index is 1.98. The molecule has 11 nitrogen and oxygen atoms in total. The quantitative estimate of drug-likeness (QED) is 0.141. The van der Waals surface area contributed by atoms with Crippen molar-refractivity contribution in [2.24, 2.45) is 5.41 Å². The SMILES string of the molecule is C=C1CCCCOCC[C@@H]2CCO[C@H](/C=C/C(C)(C)[C@]3(O)O[C@@H](C/C(=C\C(=O)OC)[C@@H]3OC(=O)CCCCCCC)C[C@H](CO)O1)O2. The number of carbonyl (C=O) groups excluding carboxylic acids is 2. The molecule has 0 aromatic rings. The van der Waals surface area contributed by atoms with Crippen molar-refractivity contribution in [3.05, 3.63) is 36.1 Å². The van der Waals surface area contributed by atoms with Gasteiger partial charge >= 0.3 is 11.9 Å². The zero-order valence-corrected chi connectivity index (χ0v) is 28.9. The maximum absolute atomic E-state index is 13.2. The minimum Gasteiger partial charge on any atom is -0.493 e. The Bertz CT molecular complexity index is 1050. The van der Waals surface area contributed by atoms with Gasteiger partial charge in [0, 0.05) is 44.0 Å². The maximum Gasteiger partial charge on any atom is 0.330 e. The van der Waals surface area contributed by atoms with Crippen LogP contribution in [0.2, 0.25) is 0 Å². The molecular weight excluding hydrogens is 608 g/mol. The fourth-order valence-electron chi connectivity index (χ4n) is 6.12. The first-order valence-electron chi connectivity index (χ1n) is 17.4. The van der Waals surface area contributed by atoms with Crippen molar-refractivity contribution in [2.45, 2.75) is 141 Å². The first kappa shape index (κ1) is 39.2. The molecule has 0 aromatic carbocycles. The van der Waals surface area contributed by atoms with Gasteiger partial charge in [-0.1, -0.05) is 59.1 Å². The van der Waals surface area contributed by atoms with Crippen molar-refractivity contribution in [2.75, 3.05) is 33.5 Å². The fourth-order valence-corrected chi connectivity index (χ4v) is 6.12. The van der Waals surface area contributed by atoms with E-state index in [-0.39, 0.29) is 32.0 Å². The van der Waals surface area contributed by atoms with Gasteiger partial charge in [-0.3, -0.25) is 4.79 Å². The van der Waals surface area contributed by atoms with Crippen LogP contribution in [0.1, 0.15) is 104 Å². The molecule has 47 heavy (non-hydrogen) atoms. The van der Waals surface area contributed by atoms with Crippen LogP contribution in [0.15, 0.2) is 36.1 Å². The van der Waals surface area contributed by atoms with Crippen LogP contribution in [0.25, 0.3) is 0 Å². The molecule has 0 amide bonds. The molecule has 0 aromatic heterocycles. The van der Waals surface area contributed by atoms with Crippen LogP contribution in [0.5, 0.6) is 0 Å². The van der Waals surface area contributed by atoms with Crippen molar-refractivity contribution in [1.82, 2.24) is 0 Å². The van der Waals surface area contributed by atoms with Gasteiger partial charge in [0.25, 0.3) is 0 Å². The number of hydrogen-bond donors (Lipinski definition) is 2. The molecule has 268 valence electrons. The average molecular weight is 667 g/mol. The summed E-state index contributed by atoms with van der Waals surface area (Å²) in [4.78, 5) is 25.8. The summed E-state index contributed by atoms with van der Waals surface area (Å²) in [5.74, 6) is -2.75. The number of aliphatic hydroxyl groups is 2.